The Morgan fingerprint density at radius 2 is 2.04 bits per heavy atom. The van der Waals surface area contributed by atoms with E-state index < -0.39 is 11.9 Å². The highest BCUT2D eigenvalue weighted by molar-refractivity contribution is 14.0. The average Bonchev–Trinajstić information content (AvgIpc) is 3.06. The second kappa shape index (κ2) is 12.1. The lowest BCUT2D eigenvalue weighted by molar-refractivity contribution is -0.140. The number of piperidine rings is 1. The highest BCUT2D eigenvalue weighted by atomic mass is 127. The zero-order valence-corrected chi connectivity index (χ0v) is 19.0. The van der Waals surface area contributed by atoms with Crippen LogP contribution in [-0.4, -0.2) is 55.6 Å². The molecule has 2 N–H and O–H groups in total. The van der Waals surface area contributed by atoms with Gasteiger partial charge in [-0.05, 0) is 52.2 Å². The van der Waals surface area contributed by atoms with Gasteiger partial charge in [-0.3, -0.25) is 4.99 Å². The van der Waals surface area contributed by atoms with Gasteiger partial charge in [0.15, 0.2) is 11.7 Å². The second-order valence-electron chi connectivity index (χ2n) is 6.60. The van der Waals surface area contributed by atoms with Crippen LogP contribution in [0.25, 0.3) is 0 Å². The number of hydrogen-bond acceptors (Lipinski definition) is 4. The summed E-state index contributed by atoms with van der Waals surface area (Å²) in [5.41, 5.74) is -0.809. The van der Waals surface area contributed by atoms with Gasteiger partial charge in [-0.25, -0.2) is 4.98 Å². The minimum atomic E-state index is -4.37. The lowest BCUT2D eigenvalue weighted by Gasteiger charge is -2.28. The summed E-state index contributed by atoms with van der Waals surface area (Å²) in [7, 11) is 2.15. The number of nitrogens with zero attached hydrogens (tertiary/aromatic N) is 3. The van der Waals surface area contributed by atoms with E-state index in [0.717, 1.165) is 55.2 Å². The maximum absolute atomic E-state index is 12.6. The lowest BCUT2D eigenvalue weighted by atomic mass is 9.94. The molecular weight excluding hydrogens is 490 g/mol. The molecule has 5 nitrogen and oxygen atoms in total. The van der Waals surface area contributed by atoms with Crippen molar-refractivity contribution in [3.63, 3.8) is 0 Å². The SMILES string of the molecule is CCNC(=NCCC1CCN(C)CC1)NCCc1nc(C(F)(F)F)cs1.I. The highest BCUT2D eigenvalue weighted by Crippen LogP contribution is 2.30. The Balaban J connectivity index is 0.00000364. The standard InChI is InChI=1S/C17H28F3N5S.HI/c1-3-21-16(22-8-4-13-6-10-25(2)11-7-13)23-9-5-15-24-14(12-26-15)17(18,19)20;/h12-13H,3-11H2,1-2H3,(H2,21,22,23);1H. The summed E-state index contributed by atoms with van der Waals surface area (Å²) in [6.07, 6.45) is -0.401. The Morgan fingerprint density at radius 1 is 1.33 bits per heavy atom. The fourth-order valence-corrected chi connectivity index (χ4v) is 3.70. The van der Waals surface area contributed by atoms with Gasteiger partial charge in [-0.1, -0.05) is 0 Å². The van der Waals surface area contributed by atoms with Gasteiger partial charge in [-0.2, -0.15) is 13.2 Å². The molecule has 0 aliphatic carbocycles. The molecule has 1 aliphatic heterocycles. The van der Waals surface area contributed by atoms with E-state index in [4.69, 9.17) is 0 Å². The van der Waals surface area contributed by atoms with E-state index in [1.165, 1.54) is 12.8 Å². The number of nitrogens with one attached hydrogen (secondary N) is 2. The molecule has 0 unspecified atom stereocenters. The maximum Gasteiger partial charge on any atom is 0.434 e. The third kappa shape index (κ3) is 8.95. The van der Waals surface area contributed by atoms with Crippen LogP contribution in [0.3, 0.4) is 0 Å². The van der Waals surface area contributed by atoms with Crippen LogP contribution in [0, 0.1) is 5.92 Å². The van der Waals surface area contributed by atoms with Crippen LogP contribution in [0.4, 0.5) is 13.2 Å². The normalized spacial score (nSPS) is 16.9. The van der Waals surface area contributed by atoms with E-state index in [9.17, 15) is 13.2 Å². The number of thiazole rings is 1. The molecule has 0 bridgehead atoms. The molecular formula is C17H29F3IN5S. The number of alkyl halides is 3. The third-order valence-electron chi connectivity index (χ3n) is 4.46. The molecule has 10 heteroatoms. The molecule has 27 heavy (non-hydrogen) atoms. The summed E-state index contributed by atoms with van der Waals surface area (Å²) in [5.74, 6) is 1.45. The van der Waals surface area contributed by atoms with Gasteiger partial charge in [0.25, 0.3) is 0 Å². The predicted molar refractivity (Wildman–Crippen MR) is 115 cm³/mol. The van der Waals surface area contributed by atoms with Gasteiger partial charge >= 0.3 is 6.18 Å². The number of guanidine groups is 1. The summed E-state index contributed by atoms with van der Waals surface area (Å²) in [5, 5.41) is 7.90. The molecule has 1 fully saturated rings. The molecule has 0 radical (unpaired) electrons. The quantitative estimate of drug-likeness (QED) is 0.329. The number of likely N-dealkylation sites (tertiary alicyclic amines) is 1. The highest BCUT2D eigenvalue weighted by Gasteiger charge is 2.33. The van der Waals surface area contributed by atoms with Crippen LogP contribution in [0.15, 0.2) is 10.4 Å². The first-order valence-corrected chi connectivity index (χ1v) is 9.98. The van der Waals surface area contributed by atoms with Gasteiger partial charge in [-0.15, -0.1) is 35.3 Å². The van der Waals surface area contributed by atoms with Crippen molar-refractivity contribution < 1.29 is 13.2 Å². The van der Waals surface area contributed by atoms with Crippen molar-refractivity contribution >= 4 is 41.3 Å². The van der Waals surface area contributed by atoms with Crippen LogP contribution in [0.5, 0.6) is 0 Å². The van der Waals surface area contributed by atoms with E-state index in [2.05, 4.69) is 32.6 Å². The Kier molecular flexibility index (Phi) is 10.9. The Morgan fingerprint density at radius 3 is 2.63 bits per heavy atom. The summed E-state index contributed by atoms with van der Waals surface area (Å²) >= 11 is 1.04. The first-order chi connectivity index (χ1) is 12.4. The summed E-state index contributed by atoms with van der Waals surface area (Å²) < 4.78 is 37.7. The molecule has 0 amide bonds. The fourth-order valence-electron chi connectivity index (χ4n) is 2.90. The Hall–Kier alpha value is -0.620. The van der Waals surface area contributed by atoms with Crippen LogP contribution in [-0.2, 0) is 12.6 Å². The first-order valence-electron chi connectivity index (χ1n) is 9.10. The third-order valence-corrected chi connectivity index (χ3v) is 5.37. The second-order valence-corrected chi connectivity index (χ2v) is 7.54. The molecule has 1 aliphatic rings. The summed E-state index contributed by atoms with van der Waals surface area (Å²) in [6.45, 7) is 6.31. The summed E-state index contributed by atoms with van der Waals surface area (Å²) in [6, 6.07) is 0. The lowest BCUT2D eigenvalue weighted by Crippen LogP contribution is -2.38. The number of aliphatic imine (C=N–C) groups is 1. The molecule has 0 atom stereocenters. The smallest absolute Gasteiger partial charge is 0.357 e. The van der Waals surface area contributed by atoms with Crippen molar-refractivity contribution in [2.24, 2.45) is 10.9 Å². The molecule has 2 heterocycles. The van der Waals surface area contributed by atoms with Crippen molar-refractivity contribution in [1.82, 2.24) is 20.5 Å². The zero-order valence-electron chi connectivity index (χ0n) is 15.8. The van der Waals surface area contributed by atoms with Crippen LogP contribution < -0.4 is 10.6 Å². The van der Waals surface area contributed by atoms with Gasteiger partial charge in [0.2, 0.25) is 0 Å². The number of aromatic nitrogens is 1. The number of hydrogen-bond donors (Lipinski definition) is 2. The predicted octanol–water partition coefficient (Wildman–Crippen LogP) is 3.61. The molecule has 0 aromatic carbocycles. The molecule has 156 valence electrons. The monoisotopic (exact) mass is 519 g/mol. The molecule has 0 spiro atoms. The van der Waals surface area contributed by atoms with E-state index in [1.807, 2.05) is 6.92 Å². The number of halogens is 4. The molecule has 2 rings (SSSR count). The fraction of sp³-hybridized carbons (Fsp3) is 0.765. The Bertz CT molecular complexity index is 571. The first kappa shape index (κ1) is 24.4. The van der Waals surface area contributed by atoms with Crippen molar-refractivity contribution in [2.75, 3.05) is 39.8 Å². The van der Waals surface area contributed by atoms with Gasteiger partial charge < -0.3 is 15.5 Å². The van der Waals surface area contributed by atoms with Crippen LogP contribution in [0.2, 0.25) is 0 Å². The minimum absolute atomic E-state index is 0. The van der Waals surface area contributed by atoms with E-state index in [-0.39, 0.29) is 24.0 Å². The van der Waals surface area contributed by atoms with E-state index in [1.54, 1.807) is 0 Å². The largest absolute Gasteiger partial charge is 0.434 e. The van der Waals surface area contributed by atoms with Crippen molar-refractivity contribution in [3.05, 3.63) is 16.1 Å². The molecule has 1 aromatic rings. The average molecular weight is 519 g/mol. The van der Waals surface area contributed by atoms with Crippen LogP contribution in [0.1, 0.15) is 36.9 Å². The molecule has 1 saturated heterocycles. The maximum atomic E-state index is 12.6. The van der Waals surface area contributed by atoms with Gasteiger partial charge in [0.05, 0.1) is 5.01 Å². The summed E-state index contributed by atoms with van der Waals surface area (Å²) in [4.78, 5) is 10.6. The van der Waals surface area contributed by atoms with Crippen molar-refractivity contribution in [2.45, 2.75) is 38.8 Å². The topological polar surface area (TPSA) is 52.6 Å². The van der Waals surface area contributed by atoms with Gasteiger partial charge in [0.1, 0.15) is 0 Å². The minimum Gasteiger partial charge on any atom is -0.357 e. The van der Waals surface area contributed by atoms with Crippen LogP contribution >= 0.6 is 35.3 Å². The van der Waals surface area contributed by atoms with Crippen molar-refractivity contribution in [3.8, 4) is 0 Å². The van der Waals surface area contributed by atoms with E-state index >= 15 is 0 Å². The van der Waals surface area contributed by atoms with Crippen molar-refractivity contribution in [1.29, 1.82) is 0 Å². The molecule has 1 aromatic heterocycles. The zero-order chi connectivity index (χ0) is 19.0. The molecule has 0 saturated carbocycles. The number of rotatable bonds is 7. The van der Waals surface area contributed by atoms with E-state index in [0.29, 0.717) is 23.9 Å². The van der Waals surface area contributed by atoms with Gasteiger partial charge in [0, 0.05) is 31.4 Å². The Labute approximate surface area is 180 Å².